The third-order valence-electron chi connectivity index (χ3n) is 1.95. The molecule has 0 aliphatic rings. The Morgan fingerprint density at radius 1 is 0.714 bits per heavy atom. The summed E-state index contributed by atoms with van der Waals surface area (Å²) < 4.78 is 14.9. The van der Waals surface area contributed by atoms with Gasteiger partial charge in [-0.25, -0.2) is 0 Å². The summed E-state index contributed by atoms with van der Waals surface area (Å²) in [5.41, 5.74) is 0. The van der Waals surface area contributed by atoms with Crippen LogP contribution in [0.2, 0.25) is 0 Å². The van der Waals surface area contributed by atoms with Crippen molar-refractivity contribution in [3.63, 3.8) is 0 Å². The zero-order chi connectivity index (χ0) is 16.7. The van der Waals surface area contributed by atoms with Crippen LogP contribution in [-0.2, 0) is 43.4 Å². The minimum Gasteiger partial charge on any atom is -0.857 e. The summed E-state index contributed by atoms with van der Waals surface area (Å²) in [4.78, 5) is 34.1. The minimum atomic E-state index is -3.35. The summed E-state index contributed by atoms with van der Waals surface area (Å²) >= 11 is -3.35. The van der Waals surface area contributed by atoms with Crippen LogP contribution in [0.25, 0.3) is 0 Å². The van der Waals surface area contributed by atoms with E-state index < -0.39 is 36.9 Å². The Bertz CT molecular complexity index is 259. The van der Waals surface area contributed by atoms with Crippen LogP contribution >= 0.6 is 0 Å². The fourth-order valence-corrected chi connectivity index (χ4v) is 2.65. The molecule has 0 spiro atoms. The van der Waals surface area contributed by atoms with Gasteiger partial charge in [-0.2, -0.15) is 7.11 Å². The molecule has 0 rings (SSSR count). The molecule has 0 aliphatic carbocycles. The van der Waals surface area contributed by atoms with E-state index in [1.165, 1.54) is 0 Å². The predicted molar refractivity (Wildman–Crippen MR) is 68.9 cm³/mol. The molecule has 0 aromatic carbocycles. The van der Waals surface area contributed by atoms with Crippen LogP contribution in [0.15, 0.2) is 0 Å². The SMILES string of the molecule is CCCC(=O)[O][Ti+]([O]C(=O)CCC)[O]C(=O)CCC.C[O-]. The molecule has 7 nitrogen and oxygen atoms in total. The molecule has 21 heavy (non-hydrogen) atoms. The standard InChI is InChI=1S/3C4H8O2.CH3O.Ti/c3*1-2-3-4(5)6;1-2;/h3*2-3H2,1H3,(H,5,6);1H3;/q;;;-1;+4/p-3. The van der Waals surface area contributed by atoms with E-state index in [9.17, 15) is 14.4 Å². The van der Waals surface area contributed by atoms with Gasteiger partial charge in [-0.1, -0.05) is 0 Å². The van der Waals surface area contributed by atoms with Crippen LogP contribution in [0, 0.1) is 0 Å². The number of carbonyl (C=O) groups excluding carboxylic acids is 3. The Balaban J connectivity index is 0. The summed E-state index contributed by atoms with van der Waals surface area (Å²) in [6, 6.07) is 0. The van der Waals surface area contributed by atoms with E-state index in [0.29, 0.717) is 19.3 Å². The quantitative estimate of drug-likeness (QED) is 0.584. The zero-order valence-electron chi connectivity index (χ0n) is 13.1. The molecule has 0 bridgehead atoms. The van der Waals surface area contributed by atoms with Crippen LogP contribution in [-0.4, -0.2) is 25.0 Å². The summed E-state index contributed by atoms with van der Waals surface area (Å²) in [5, 5.41) is 8.25. The van der Waals surface area contributed by atoms with Gasteiger partial charge in [0, 0.05) is 0 Å². The van der Waals surface area contributed by atoms with Crippen molar-refractivity contribution < 1.29 is 48.5 Å². The van der Waals surface area contributed by atoms with Crippen LogP contribution in [0.3, 0.4) is 0 Å². The molecular formula is C13H24O7Ti. The van der Waals surface area contributed by atoms with Gasteiger partial charge in [-0.15, -0.1) is 0 Å². The Labute approximate surface area is 133 Å². The minimum absolute atomic E-state index is 0.215. The van der Waals surface area contributed by atoms with Crippen molar-refractivity contribution in [1.82, 2.24) is 0 Å². The maximum absolute atomic E-state index is 11.4. The largest absolute Gasteiger partial charge is 0.857 e. The molecule has 0 aliphatic heterocycles. The molecule has 0 saturated heterocycles. The van der Waals surface area contributed by atoms with Crippen LogP contribution < -0.4 is 5.11 Å². The van der Waals surface area contributed by atoms with Crippen molar-refractivity contribution >= 4 is 17.9 Å². The average molecular weight is 340 g/mol. The van der Waals surface area contributed by atoms with Gasteiger partial charge in [0.15, 0.2) is 0 Å². The van der Waals surface area contributed by atoms with Gasteiger partial charge >= 0.3 is 121 Å². The molecule has 0 aromatic heterocycles. The summed E-state index contributed by atoms with van der Waals surface area (Å²) in [5.74, 6) is -1.48. The first-order valence-electron chi connectivity index (χ1n) is 6.93. The second-order valence-corrected chi connectivity index (χ2v) is 5.66. The van der Waals surface area contributed by atoms with Crippen molar-refractivity contribution in [2.24, 2.45) is 0 Å². The van der Waals surface area contributed by atoms with E-state index >= 15 is 0 Å². The molecule has 0 atom stereocenters. The van der Waals surface area contributed by atoms with Crippen molar-refractivity contribution in [3.8, 4) is 0 Å². The first-order chi connectivity index (χ1) is 10.0. The second kappa shape index (κ2) is 15.5. The van der Waals surface area contributed by atoms with Crippen LogP contribution in [0.5, 0.6) is 0 Å². The Morgan fingerprint density at radius 2 is 0.952 bits per heavy atom. The molecule has 0 heterocycles. The molecule has 8 heteroatoms. The zero-order valence-corrected chi connectivity index (χ0v) is 14.7. The molecule has 0 saturated carbocycles. The fourth-order valence-electron chi connectivity index (χ4n) is 1.11. The van der Waals surface area contributed by atoms with Crippen molar-refractivity contribution in [2.75, 3.05) is 7.11 Å². The smallest absolute Gasteiger partial charge is 0.153 e. The molecule has 0 radical (unpaired) electrons. The number of rotatable bonds is 9. The van der Waals surface area contributed by atoms with E-state index in [1.807, 2.05) is 20.8 Å². The fraction of sp³-hybridized carbons (Fsp3) is 0.769. The summed E-state index contributed by atoms with van der Waals surface area (Å²) in [6.07, 6.45) is 2.51. The first-order valence-corrected chi connectivity index (χ1v) is 8.84. The number of hydrogen-bond acceptors (Lipinski definition) is 7. The van der Waals surface area contributed by atoms with Gasteiger partial charge in [0.1, 0.15) is 0 Å². The van der Waals surface area contributed by atoms with Gasteiger partial charge in [-0.05, 0) is 0 Å². The third kappa shape index (κ3) is 13.8. The molecule has 122 valence electrons. The topological polar surface area (TPSA) is 102 Å². The predicted octanol–water partition coefficient (Wildman–Crippen LogP) is 1.36. The van der Waals surface area contributed by atoms with Gasteiger partial charge in [0.25, 0.3) is 0 Å². The third-order valence-corrected chi connectivity index (χ3v) is 3.80. The van der Waals surface area contributed by atoms with Gasteiger partial charge < -0.3 is 5.11 Å². The average Bonchev–Trinajstić information content (AvgIpc) is 2.41. The van der Waals surface area contributed by atoms with E-state index in [-0.39, 0.29) is 19.3 Å². The van der Waals surface area contributed by atoms with Crippen LogP contribution in [0.1, 0.15) is 59.3 Å². The van der Waals surface area contributed by atoms with Crippen molar-refractivity contribution in [1.29, 1.82) is 0 Å². The Morgan fingerprint density at radius 3 is 1.14 bits per heavy atom. The molecule has 0 N–H and O–H groups in total. The molecule has 0 amide bonds. The normalized spacial score (nSPS) is 9.00. The maximum atomic E-state index is 11.4. The second-order valence-electron chi connectivity index (χ2n) is 3.92. The molecule has 0 fully saturated rings. The first kappa shape index (κ1) is 22.4. The Kier molecular flexibility index (Phi) is 16.5. The number of hydrogen-bond donors (Lipinski definition) is 0. The Hall–Kier alpha value is -0.916. The van der Waals surface area contributed by atoms with Gasteiger partial charge in [0.2, 0.25) is 0 Å². The summed E-state index contributed by atoms with van der Waals surface area (Å²) in [6.45, 7) is 5.48. The molecular weight excluding hydrogens is 316 g/mol. The number of carbonyl (C=O) groups is 3. The monoisotopic (exact) mass is 340 g/mol. The van der Waals surface area contributed by atoms with Crippen LogP contribution in [0.4, 0.5) is 0 Å². The van der Waals surface area contributed by atoms with Crippen molar-refractivity contribution in [3.05, 3.63) is 0 Å². The molecule has 0 aromatic rings. The van der Waals surface area contributed by atoms with E-state index in [2.05, 4.69) is 0 Å². The van der Waals surface area contributed by atoms with Crippen molar-refractivity contribution in [2.45, 2.75) is 59.3 Å². The van der Waals surface area contributed by atoms with E-state index in [4.69, 9.17) is 15.1 Å². The van der Waals surface area contributed by atoms with Gasteiger partial charge in [-0.3, -0.25) is 0 Å². The summed E-state index contributed by atoms with van der Waals surface area (Å²) in [7, 11) is 0.750. The van der Waals surface area contributed by atoms with E-state index in [1.54, 1.807) is 0 Å². The van der Waals surface area contributed by atoms with Gasteiger partial charge in [0.05, 0.1) is 0 Å². The maximum Gasteiger partial charge on any atom is -0.153 e. The van der Waals surface area contributed by atoms with E-state index in [0.717, 1.165) is 7.11 Å². The molecule has 0 unspecified atom stereocenters.